The van der Waals surface area contributed by atoms with Crippen molar-refractivity contribution in [1.29, 1.82) is 0 Å². The second-order valence-corrected chi connectivity index (χ2v) is 7.50. The molecular formula is C20H21N5OS. The van der Waals surface area contributed by atoms with Crippen LogP contribution in [-0.4, -0.2) is 41.7 Å². The molecule has 0 saturated heterocycles. The molecular weight excluding hydrogens is 358 g/mol. The Kier molecular flexibility index (Phi) is 4.96. The van der Waals surface area contributed by atoms with Gasteiger partial charge in [0.05, 0.1) is 11.8 Å². The molecule has 0 radical (unpaired) electrons. The summed E-state index contributed by atoms with van der Waals surface area (Å²) in [6.45, 7) is 4.77. The molecule has 0 spiro atoms. The minimum atomic E-state index is -0.509. The predicted octanol–water partition coefficient (Wildman–Crippen LogP) is 3.39. The van der Waals surface area contributed by atoms with Crippen LogP contribution < -0.4 is 0 Å². The lowest BCUT2D eigenvalue weighted by Gasteiger charge is -2.14. The minimum Gasteiger partial charge on any atom is -0.390 e. The second kappa shape index (κ2) is 7.54. The average molecular weight is 379 g/mol. The van der Waals surface area contributed by atoms with Crippen LogP contribution in [0.5, 0.6) is 0 Å². The number of aliphatic hydroxyl groups excluding tert-OH is 1. The van der Waals surface area contributed by atoms with E-state index in [2.05, 4.69) is 52.1 Å². The lowest BCUT2D eigenvalue weighted by molar-refractivity contribution is 0.179. The Morgan fingerprint density at radius 1 is 1.04 bits per heavy atom. The Balaban J connectivity index is 1.48. The van der Waals surface area contributed by atoms with Crippen LogP contribution in [0.15, 0.2) is 59.8 Å². The fraction of sp³-hybridized carbons (Fsp3) is 0.250. The van der Waals surface area contributed by atoms with Gasteiger partial charge in [-0.05, 0) is 48.0 Å². The van der Waals surface area contributed by atoms with Crippen molar-refractivity contribution in [2.75, 3.05) is 5.75 Å². The molecule has 0 aliphatic rings. The zero-order valence-electron chi connectivity index (χ0n) is 15.3. The average Bonchev–Trinajstić information content (AvgIpc) is 3.26. The van der Waals surface area contributed by atoms with Gasteiger partial charge in [0.2, 0.25) is 5.16 Å². The number of aryl methyl sites for hydroxylation is 1. The summed E-state index contributed by atoms with van der Waals surface area (Å²) in [6.07, 6.45) is -0.509. The van der Waals surface area contributed by atoms with Crippen LogP contribution in [0.3, 0.4) is 0 Å². The Bertz CT molecular complexity index is 1060. The number of thioether (sulfide) groups is 1. The van der Waals surface area contributed by atoms with E-state index in [1.165, 1.54) is 28.4 Å². The van der Waals surface area contributed by atoms with Gasteiger partial charge >= 0.3 is 0 Å². The first-order valence-electron chi connectivity index (χ1n) is 8.84. The fourth-order valence-electron chi connectivity index (χ4n) is 3.27. The standard InChI is InChI=1S/C20H21N5OS/c1-14-15(2)24(19-11-7-6-10-18(14)19)12-17(26)13-27-20-21-22-23-25(20)16-8-4-3-5-9-16/h3-11,17,26H,12-13H2,1-2H3. The molecule has 1 unspecified atom stereocenters. The van der Waals surface area contributed by atoms with Gasteiger partial charge in [-0.1, -0.05) is 48.2 Å². The third kappa shape index (κ3) is 3.48. The van der Waals surface area contributed by atoms with Gasteiger partial charge in [0.1, 0.15) is 0 Å². The molecule has 2 heterocycles. The van der Waals surface area contributed by atoms with E-state index < -0.39 is 6.10 Å². The van der Waals surface area contributed by atoms with Gasteiger partial charge in [0.15, 0.2) is 0 Å². The van der Waals surface area contributed by atoms with Gasteiger partial charge < -0.3 is 9.67 Å². The van der Waals surface area contributed by atoms with Crippen molar-refractivity contribution >= 4 is 22.7 Å². The van der Waals surface area contributed by atoms with Crippen LogP contribution in [0.25, 0.3) is 16.6 Å². The molecule has 0 aliphatic heterocycles. The molecule has 0 saturated carbocycles. The number of hydrogen-bond acceptors (Lipinski definition) is 5. The lowest BCUT2D eigenvalue weighted by Crippen LogP contribution is -2.19. The summed E-state index contributed by atoms with van der Waals surface area (Å²) in [6, 6.07) is 18.1. The number of tetrazole rings is 1. The summed E-state index contributed by atoms with van der Waals surface area (Å²) < 4.78 is 3.88. The van der Waals surface area contributed by atoms with E-state index in [1.54, 1.807) is 4.68 Å². The second-order valence-electron chi connectivity index (χ2n) is 6.51. The lowest BCUT2D eigenvalue weighted by atomic mass is 10.2. The number of aliphatic hydroxyl groups is 1. The van der Waals surface area contributed by atoms with Gasteiger partial charge in [-0.2, -0.15) is 4.68 Å². The molecule has 4 aromatic rings. The highest BCUT2D eigenvalue weighted by atomic mass is 32.2. The highest BCUT2D eigenvalue weighted by Gasteiger charge is 2.16. The van der Waals surface area contributed by atoms with Crippen LogP contribution in [0.2, 0.25) is 0 Å². The van der Waals surface area contributed by atoms with Crippen LogP contribution in [0.4, 0.5) is 0 Å². The number of nitrogens with zero attached hydrogens (tertiary/aromatic N) is 5. The van der Waals surface area contributed by atoms with Gasteiger partial charge in [0, 0.05) is 28.9 Å². The fourth-order valence-corrected chi connectivity index (χ4v) is 4.08. The molecule has 4 rings (SSSR count). The predicted molar refractivity (Wildman–Crippen MR) is 107 cm³/mol. The third-order valence-electron chi connectivity index (χ3n) is 4.79. The molecule has 1 N–H and O–H groups in total. The molecule has 2 aromatic heterocycles. The van der Waals surface area contributed by atoms with Crippen LogP contribution in [-0.2, 0) is 6.54 Å². The number of para-hydroxylation sites is 2. The quantitative estimate of drug-likeness (QED) is 0.520. The molecule has 0 amide bonds. The number of benzene rings is 2. The van der Waals surface area contributed by atoms with E-state index in [0.717, 1.165) is 11.2 Å². The molecule has 27 heavy (non-hydrogen) atoms. The summed E-state index contributed by atoms with van der Waals surface area (Å²) in [7, 11) is 0. The van der Waals surface area contributed by atoms with Crippen LogP contribution in [0.1, 0.15) is 11.3 Å². The highest BCUT2D eigenvalue weighted by Crippen LogP contribution is 2.26. The summed E-state index contributed by atoms with van der Waals surface area (Å²) in [5.74, 6) is 0.512. The van der Waals surface area contributed by atoms with Crippen LogP contribution in [0, 0.1) is 13.8 Å². The van der Waals surface area contributed by atoms with Crippen molar-refractivity contribution in [2.45, 2.75) is 31.7 Å². The van der Waals surface area contributed by atoms with Crippen molar-refractivity contribution in [3.05, 3.63) is 65.9 Å². The molecule has 0 bridgehead atoms. The van der Waals surface area contributed by atoms with Gasteiger partial charge in [-0.3, -0.25) is 0 Å². The zero-order chi connectivity index (χ0) is 18.8. The zero-order valence-corrected chi connectivity index (χ0v) is 16.1. The Labute approximate surface area is 161 Å². The first-order valence-corrected chi connectivity index (χ1v) is 9.83. The molecule has 2 aromatic carbocycles. The first-order chi connectivity index (χ1) is 13.1. The normalized spacial score (nSPS) is 12.6. The van der Waals surface area contributed by atoms with E-state index in [1.807, 2.05) is 36.4 Å². The first kappa shape index (κ1) is 17.8. The highest BCUT2D eigenvalue weighted by molar-refractivity contribution is 7.99. The Morgan fingerprint density at radius 2 is 1.78 bits per heavy atom. The Hall–Kier alpha value is -2.64. The molecule has 1 atom stereocenters. The van der Waals surface area contributed by atoms with E-state index in [9.17, 15) is 5.11 Å². The molecule has 0 aliphatic carbocycles. The molecule has 138 valence electrons. The summed E-state index contributed by atoms with van der Waals surface area (Å²) in [5, 5.41) is 24.5. The molecule has 6 nitrogen and oxygen atoms in total. The van der Waals surface area contributed by atoms with E-state index in [0.29, 0.717) is 17.5 Å². The number of fused-ring (bicyclic) bond motifs is 1. The maximum absolute atomic E-state index is 10.6. The topological polar surface area (TPSA) is 68.8 Å². The maximum atomic E-state index is 10.6. The summed E-state index contributed by atoms with van der Waals surface area (Å²) in [5.41, 5.74) is 4.51. The van der Waals surface area contributed by atoms with Gasteiger partial charge in [0.25, 0.3) is 0 Å². The number of hydrogen-bond donors (Lipinski definition) is 1. The van der Waals surface area contributed by atoms with Gasteiger partial charge in [-0.15, -0.1) is 5.10 Å². The minimum absolute atomic E-state index is 0.509. The van der Waals surface area contributed by atoms with Crippen molar-refractivity contribution in [2.24, 2.45) is 0 Å². The molecule has 7 heteroatoms. The van der Waals surface area contributed by atoms with E-state index >= 15 is 0 Å². The van der Waals surface area contributed by atoms with E-state index in [-0.39, 0.29) is 0 Å². The number of rotatable bonds is 6. The van der Waals surface area contributed by atoms with E-state index in [4.69, 9.17) is 0 Å². The SMILES string of the molecule is Cc1c(C)n(CC(O)CSc2nnnn2-c2ccccc2)c2ccccc12. The molecule has 0 fully saturated rings. The number of aromatic nitrogens is 5. The summed E-state index contributed by atoms with van der Waals surface area (Å²) in [4.78, 5) is 0. The maximum Gasteiger partial charge on any atom is 0.214 e. The van der Waals surface area contributed by atoms with Crippen molar-refractivity contribution in [1.82, 2.24) is 24.8 Å². The van der Waals surface area contributed by atoms with Crippen molar-refractivity contribution in [3.8, 4) is 5.69 Å². The van der Waals surface area contributed by atoms with Crippen molar-refractivity contribution in [3.63, 3.8) is 0 Å². The monoisotopic (exact) mass is 379 g/mol. The smallest absolute Gasteiger partial charge is 0.214 e. The third-order valence-corrected chi connectivity index (χ3v) is 5.85. The van der Waals surface area contributed by atoms with Crippen molar-refractivity contribution < 1.29 is 5.11 Å². The van der Waals surface area contributed by atoms with Crippen LogP contribution >= 0.6 is 11.8 Å². The summed E-state index contributed by atoms with van der Waals surface area (Å²) >= 11 is 1.46. The Morgan fingerprint density at radius 3 is 2.59 bits per heavy atom. The largest absolute Gasteiger partial charge is 0.390 e. The van der Waals surface area contributed by atoms with Gasteiger partial charge in [-0.25, -0.2) is 0 Å².